The molecule has 92 valence electrons. The molecule has 0 spiro atoms. The van der Waals surface area contributed by atoms with E-state index in [1.54, 1.807) is 13.8 Å². The summed E-state index contributed by atoms with van der Waals surface area (Å²) in [6.07, 6.45) is 0.561. The molecule has 0 bridgehead atoms. The molecule has 1 heterocycles. The van der Waals surface area contributed by atoms with E-state index in [1.165, 1.54) is 5.56 Å². The molecule has 0 saturated heterocycles. The Balaban J connectivity index is 2.33. The Morgan fingerprint density at radius 1 is 1.53 bits per heavy atom. The molecule has 3 nitrogen and oxygen atoms in total. The van der Waals surface area contributed by atoms with Crippen molar-refractivity contribution in [2.45, 2.75) is 33.1 Å². The molecule has 0 radical (unpaired) electrons. The molecule has 17 heavy (non-hydrogen) atoms. The second-order valence-electron chi connectivity index (χ2n) is 5.53. The maximum atomic E-state index is 11.2. The maximum Gasteiger partial charge on any atom is 0.309 e. The highest BCUT2D eigenvalue weighted by molar-refractivity contribution is 5.75. The maximum absolute atomic E-state index is 11.2. The van der Waals surface area contributed by atoms with Crippen LogP contribution in [0, 0.1) is 5.41 Å². The van der Waals surface area contributed by atoms with E-state index >= 15 is 0 Å². The van der Waals surface area contributed by atoms with Crippen molar-refractivity contribution >= 4 is 11.7 Å². The smallest absolute Gasteiger partial charge is 0.309 e. The Morgan fingerprint density at radius 3 is 2.88 bits per heavy atom. The van der Waals surface area contributed by atoms with E-state index in [-0.39, 0.29) is 0 Å². The second-order valence-corrected chi connectivity index (χ2v) is 5.53. The van der Waals surface area contributed by atoms with Crippen molar-refractivity contribution in [2.75, 3.05) is 11.9 Å². The van der Waals surface area contributed by atoms with Gasteiger partial charge in [-0.1, -0.05) is 25.1 Å². The van der Waals surface area contributed by atoms with E-state index in [1.807, 2.05) is 12.1 Å². The summed E-state index contributed by atoms with van der Waals surface area (Å²) < 4.78 is 0. The largest absolute Gasteiger partial charge is 0.481 e. The molecule has 1 aromatic carbocycles. The van der Waals surface area contributed by atoms with E-state index in [0.717, 1.165) is 17.8 Å². The van der Waals surface area contributed by atoms with Crippen molar-refractivity contribution in [3.05, 3.63) is 29.3 Å². The van der Waals surface area contributed by atoms with Gasteiger partial charge < -0.3 is 10.4 Å². The average molecular weight is 233 g/mol. The van der Waals surface area contributed by atoms with Gasteiger partial charge in [-0.25, -0.2) is 0 Å². The van der Waals surface area contributed by atoms with Gasteiger partial charge in [0.25, 0.3) is 0 Å². The molecule has 0 aliphatic carbocycles. The van der Waals surface area contributed by atoms with Gasteiger partial charge in [-0.2, -0.15) is 0 Å². The number of anilines is 1. The van der Waals surface area contributed by atoms with Crippen molar-refractivity contribution in [1.29, 1.82) is 0 Å². The van der Waals surface area contributed by atoms with Crippen LogP contribution in [0.3, 0.4) is 0 Å². The first kappa shape index (κ1) is 12.0. The summed E-state index contributed by atoms with van der Waals surface area (Å²) in [7, 11) is 0. The van der Waals surface area contributed by atoms with Crippen LogP contribution in [0.2, 0.25) is 0 Å². The second kappa shape index (κ2) is 4.06. The number of carbonyl (C=O) groups is 1. The van der Waals surface area contributed by atoms with Crippen LogP contribution >= 0.6 is 0 Å². The summed E-state index contributed by atoms with van der Waals surface area (Å²) >= 11 is 0. The lowest BCUT2D eigenvalue weighted by Crippen LogP contribution is -2.26. The molecule has 1 aliphatic rings. The van der Waals surface area contributed by atoms with Gasteiger partial charge in [0, 0.05) is 18.2 Å². The Bertz CT molecular complexity index is 452. The van der Waals surface area contributed by atoms with Gasteiger partial charge in [-0.15, -0.1) is 0 Å². The standard InChI is InChI=1S/C14H19NO2/c1-9-8-15-12-10(5-4-6-11(9)12)7-14(2,3)13(16)17/h4-6,9,15H,7-8H2,1-3H3,(H,16,17). The third-order valence-corrected chi connectivity index (χ3v) is 3.51. The van der Waals surface area contributed by atoms with Crippen molar-refractivity contribution in [3.8, 4) is 0 Å². The van der Waals surface area contributed by atoms with E-state index in [2.05, 4.69) is 18.3 Å². The molecule has 0 saturated carbocycles. The average Bonchev–Trinajstić information content (AvgIpc) is 2.61. The van der Waals surface area contributed by atoms with Crippen molar-refractivity contribution in [1.82, 2.24) is 0 Å². The number of hydrogen-bond acceptors (Lipinski definition) is 2. The lowest BCUT2D eigenvalue weighted by Gasteiger charge is -2.20. The van der Waals surface area contributed by atoms with Crippen molar-refractivity contribution in [3.63, 3.8) is 0 Å². The summed E-state index contributed by atoms with van der Waals surface area (Å²) in [5.74, 6) is -0.237. The first-order valence-electron chi connectivity index (χ1n) is 6.01. The Kier molecular flexibility index (Phi) is 2.86. The fourth-order valence-electron chi connectivity index (χ4n) is 2.31. The van der Waals surface area contributed by atoms with Crippen LogP contribution in [-0.2, 0) is 11.2 Å². The number of aliphatic carboxylic acids is 1. The quantitative estimate of drug-likeness (QED) is 0.844. The van der Waals surface area contributed by atoms with Gasteiger partial charge in [-0.05, 0) is 31.4 Å². The summed E-state index contributed by atoms with van der Waals surface area (Å²) in [6.45, 7) is 6.67. The van der Waals surface area contributed by atoms with Crippen LogP contribution in [-0.4, -0.2) is 17.6 Å². The van der Waals surface area contributed by atoms with Crippen LogP contribution in [0.25, 0.3) is 0 Å². The minimum Gasteiger partial charge on any atom is -0.481 e. The highest BCUT2D eigenvalue weighted by Gasteiger charge is 2.30. The predicted molar refractivity (Wildman–Crippen MR) is 68.5 cm³/mol. The van der Waals surface area contributed by atoms with E-state index in [9.17, 15) is 9.90 Å². The van der Waals surface area contributed by atoms with Gasteiger partial charge in [0.05, 0.1) is 5.41 Å². The summed E-state index contributed by atoms with van der Waals surface area (Å²) in [6, 6.07) is 6.17. The molecular weight excluding hydrogens is 214 g/mol. The van der Waals surface area contributed by atoms with E-state index < -0.39 is 11.4 Å². The number of carboxylic acids is 1. The van der Waals surface area contributed by atoms with Crippen LogP contribution in [0.15, 0.2) is 18.2 Å². The molecule has 1 aliphatic heterocycles. The zero-order valence-corrected chi connectivity index (χ0v) is 10.6. The molecule has 0 aromatic heterocycles. The first-order valence-corrected chi connectivity index (χ1v) is 6.01. The Hall–Kier alpha value is -1.51. The number of hydrogen-bond donors (Lipinski definition) is 2. The minimum atomic E-state index is -0.749. The number of rotatable bonds is 3. The van der Waals surface area contributed by atoms with Gasteiger partial charge in [-0.3, -0.25) is 4.79 Å². The van der Waals surface area contributed by atoms with Crippen molar-refractivity contribution in [2.24, 2.45) is 5.41 Å². The third kappa shape index (κ3) is 2.14. The Morgan fingerprint density at radius 2 is 2.24 bits per heavy atom. The van der Waals surface area contributed by atoms with Crippen molar-refractivity contribution < 1.29 is 9.90 Å². The lowest BCUT2D eigenvalue weighted by atomic mass is 9.84. The predicted octanol–water partition coefficient (Wildman–Crippen LogP) is 2.87. The molecular formula is C14H19NO2. The summed E-state index contributed by atoms with van der Waals surface area (Å²) in [5, 5.41) is 12.6. The number of carboxylic acid groups (broad SMARTS) is 1. The van der Waals surface area contributed by atoms with E-state index in [0.29, 0.717) is 12.3 Å². The highest BCUT2D eigenvalue weighted by atomic mass is 16.4. The molecule has 0 amide bonds. The number of nitrogens with one attached hydrogen (secondary N) is 1. The van der Waals surface area contributed by atoms with Gasteiger partial charge in [0.2, 0.25) is 0 Å². The molecule has 1 unspecified atom stereocenters. The zero-order valence-electron chi connectivity index (χ0n) is 10.6. The monoisotopic (exact) mass is 233 g/mol. The van der Waals surface area contributed by atoms with Gasteiger partial charge in [0.1, 0.15) is 0 Å². The Labute approximate surface area is 102 Å². The normalized spacial score (nSPS) is 18.6. The van der Waals surface area contributed by atoms with Gasteiger partial charge in [0.15, 0.2) is 0 Å². The number of benzene rings is 1. The molecule has 0 fully saturated rings. The SMILES string of the molecule is CC1CNc2c(CC(C)(C)C(=O)O)cccc21. The van der Waals surface area contributed by atoms with Crippen LogP contribution in [0.5, 0.6) is 0 Å². The highest BCUT2D eigenvalue weighted by Crippen LogP contribution is 2.36. The summed E-state index contributed by atoms with van der Waals surface area (Å²) in [5.41, 5.74) is 2.85. The van der Waals surface area contributed by atoms with Crippen LogP contribution < -0.4 is 5.32 Å². The number of fused-ring (bicyclic) bond motifs is 1. The molecule has 3 heteroatoms. The van der Waals surface area contributed by atoms with Gasteiger partial charge >= 0.3 is 5.97 Å². The first-order chi connectivity index (χ1) is 7.92. The summed E-state index contributed by atoms with van der Waals surface area (Å²) in [4.78, 5) is 11.2. The molecule has 1 aromatic rings. The molecule has 1 atom stereocenters. The minimum absolute atomic E-state index is 0.512. The number of para-hydroxylation sites is 1. The topological polar surface area (TPSA) is 49.3 Å². The third-order valence-electron chi connectivity index (χ3n) is 3.51. The fraction of sp³-hybridized carbons (Fsp3) is 0.500. The van der Waals surface area contributed by atoms with Crippen LogP contribution in [0.4, 0.5) is 5.69 Å². The molecule has 2 rings (SSSR count). The van der Waals surface area contributed by atoms with Crippen LogP contribution in [0.1, 0.15) is 37.8 Å². The lowest BCUT2D eigenvalue weighted by molar-refractivity contribution is -0.146. The molecule has 2 N–H and O–H groups in total. The zero-order chi connectivity index (χ0) is 12.6. The van der Waals surface area contributed by atoms with E-state index in [4.69, 9.17) is 0 Å². The fourth-order valence-corrected chi connectivity index (χ4v) is 2.31.